The van der Waals surface area contributed by atoms with Gasteiger partial charge in [0.05, 0.1) is 16.7 Å². The second kappa shape index (κ2) is 5.59. The van der Waals surface area contributed by atoms with Crippen LogP contribution in [0.5, 0.6) is 0 Å². The summed E-state index contributed by atoms with van der Waals surface area (Å²) in [5, 5.41) is 4.18. The Bertz CT molecular complexity index is 1050. The number of imidazole rings is 1. The third-order valence-corrected chi connectivity index (χ3v) is 4.45. The first-order valence-corrected chi connectivity index (χ1v) is 8.45. The van der Waals surface area contributed by atoms with Crippen molar-refractivity contribution in [2.24, 2.45) is 0 Å². The summed E-state index contributed by atoms with van der Waals surface area (Å²) in [4.78, 5) is 8.01. The summed E-state index contributed by atoms with van der Waals surface area (Å²) in [5.41, 5.74) is 6.44. The molecule has 4 heteroatoms. The lowest BCUT2D eigenvalue weighted by Crippen LogP contribution is -2.10. The molecule has 0 atom stereocenters. The maximum atomic E-state index is 5.50. The van der Waals surface area contributed by atoms with Crippen LogP contribution in [0.3, 0.4) is 0 Å². The highest BCUT2D eigenvalue weighted by Gasteiger charge is 2.20. The van der Waals surface area contributed by atoms with Crippen LogP contribution in [0.25, 0.3) is 33.7 Å². The molecule has 0 unspecified atom stereocenters. The Morgan fingerprint density at radius 3 is 2.52 bits per heavy atom. The lowest BCUT2D eigenvalue weighted by atomic mass is 9.92. The number of benzene rings is 2. The van der Waals surface area contributed by atoms with E-state index < -0.39 is 0 Å². The Kier molecular flexibility index (Phi) is 3.49. The van der Waals surface area contributed by atoms with Crippen LogP contribution in [0.1, 0.15) is 32.0 Å². The first kappa shape index (κ1) is 15.6. The smallest absolute Gasteiger partial charge is 0.202 e. The van der Waals surface area contributed by atoms with Gasteiger partial charge in [-0.15, -0.1) is 0 Å². The number of H-pyrrole nitrogens is 1. The van der Waals surface area contributed by atoms with Crippen molar-refractivity contribution in [3.8, 4) is 22.7 Å². The van der Waals surface area contributed by atoms with E-state index in [2.05, 4.69) is 79.2 Å². The van der Waals surface area contributed by atoms with Crippen LogP contribution in [-0.4, -0.2) is 15.1 Å². The lowest BCUT2D eigenvalue weighted by molar-refractivity contribution is 0.401. The number of aromatic amines is 1. The molecule has 4 aromatic rings. The van der Waals surface area contributed by atoms with Crippen LogP contribution < -0.4 is 0 Å². The fraction of sp³-hybridized carbons (Fsp3) is 0.238. The Hall–Kier alpha value is -2.88. The highest BCUT2D eigenvalue weighted by atomic mass is 16.5. The van der Waals surface area contributed by atoms with E-state index in [1.165, 1.54) is 16.7 Å². The zero-order valence-electron chi connectivity index (χ0n) is 14.9. The van der Waals surface area contributed by atoms with Crippen LogP contribution in [0, 0.1) is 6.92 Å². The van der Waals surface area contributed by atoms with Gasteiger partial charge in [0.25, 0.3) is 0 Å². The standard InChI is InChI=1S/C21H21N3O/c1-13-7-5-6-8-15(13)14-9-10-16-17(11-14)23-20(22-16)18-12-19(24-25-18)21(2,3)4/h5-12H,1-4H3,(H,22,23). The molecular formula is C21H21N3O. The van der Waals surface area contributed by atoms with Gasteiger partial charge in [0.2, 0.25) is 5.76 Å². The molecule has 0 saturated heterocycles. The Balaban J connectivity index is 1.76. The molecular weight excluding hydrogens is 310 g/mol. The number of hydrogen-bond acceptors (Lipinski definition) is 3. The van der Waals surface area contributed by atoms with Crippen molar-refractivity contribution in [3.05, 3.63) is 59.8 Å². The van der Waals surface area contributed by atoms with E-state index in [-0.39, 0.29) is 5.41 Å². The minimum absolute atomic E-state index is 0.0498. The molecule has 126 valence electrons. The van der Waals surface area contributed by atoms with Crippen molar-refractivity contribution in [3.63, 3.8) is 0 Å². The summed E-state index contributed by atoms with van der Waals surface area (Å²) >= 11 is 0. The fourth-order valence-electron chi connectivity index (χ4n) is 2.93. The van der Waals surface area contributed by atoms with Gasteiger partial charge in [0.1, 0.15) is 0 Å². The number of aromatic nitrogens is 3. The van der Waals surface area contributed by atoms with Gasteiger partial charge in [0, 0.05) is 11.5 Å². The van der Waals surface area contributed by atoms with Crippen molar-refractivity contribution in [2.75, 3.05) is 0 Å². The largest absolute Gasteiger partial charge is 0.353 e. The molecule has 0 aliphatic heterocycles. The molecule has 0 radical (unpaired) electrons. The van der Waals surface area contributed by atoms with E-state index in [9.17, 15) is 0 Å². The van der Waals surface area contributed by atoms with Crippen LogP contribution in [0.4, 0.5) is 0 Å². The van der Waals surface area contributed by atoms with Crippen molar-refractivity contribution in [2.45, 2.75) is 33.1 Å². The van der Waals surface area contributed by atoms with Gasteiger partial charge in [-0.2, -0.15) is 0 Å². The summed E-state index contributed by atoms with van der Waals surface area (Å²) in [5.74, 6) is 1.37. The second-order valence-corrected chi connectivity index (χ2v) is 7.46. The minimum Gasteiger partial charge on any atom is -0.353 e. The van der Waals surface area contributed by atoms with Crippen molar-refractivity contribution < 1.29 is 4.52 Å². The zero-order chi connectivity index (χ0) is 17.6. The van der Waals surface area contributed by atoms with Crippen LogP contribution in [0.2, 0.25) is 0 Å². The van der Waals surface area contributed by atoms with E-state index in [1.54, 1.807) is 0 Å². The molecule has 0 saturated carbocycles. The monoisotopic (exact) mass is 331 g/mol. The highest BCUT2D eigenvalue weighted by Crippen LogP contribution is 2.29. The molecule has 0 aliphatic carbocycles. The van der Waals surface area contributed by atoms with Crippen LogP contribution in [0.15, 0.2) is 53.1 Å². The number of nitrogens with one attached hydrogen (secondary N) is 1. The molecule has 1 N–H and O–H groups in total. The van der Waals surface area contributed by atoms with Crippen molar-refractivity contribution in [1.29, 1.82) is 0 Å². The van der Waals surface area contributed by atoms with E-state index >= 15 is 0 Å². The average Bonchev–Trinajstić information content (AvgIpc) is 3.21. The van der Waals surface area contributed by atoms with Gasteiger partial charge in [-0.05, 0) is 35.7 Å². The zero-order valence-corrected chi connectivity index (χ0v) is 14.9. The van der Waals surface area contributed by atoms with E-state index in [4.69, 9.17) is 4.52 Å². The van der Waals surface area contributed by atoms with Crippen LogP contribution in [-0.2, 0) is 5.41 Å². The first-order valence-electron chi connectivity index (χ1n) is 8.45. The van der Waals surface area contributed by atoms with Gasteiger partial charge in [-0.3, -0.25) is 0 Å². The molecule has 0 bridgehead atoms. The molecule has 0 fully saturated rings. The normalized spacial score (nSPS) is 12.0. The second-order valence-electron chi connectivity index (χ2n) is 7.46. The predicted molar refractivity (Wildman–Crippen MR) is 100 cm³/mol. The number of nitrogens with zero attached hydrogens (tertiary/aromatic N) is 2. The Labute approximate surface area is 146 Å². The lowest BCUT2D eigenvalue weighted by Gasteiger charge is -2.12. The van der Waals surface area contributed by atoms with Crippen molar-refractivity contribution >= 4 is 11.0 Å². The van der Waals surface area contributed by atoms with E-state index in [0.717, 1.165) is 16.7 Å². The molecule has 0 aliphatic rings. The molecule has 4 rings (SSSR count). The number of aryl methyl sites for hydroxylation is 1. The molecule has 4 nitrogen and oxygen atoms in total. The first-order chi connectivity index (χ1) is 11.9. The van der Waals surface area contributed by atoms with Gasteiger partial charge >= 0.3 is 0 Å². The highest BCUT2D eigenvalue weighted by molar-refractivity contribution is 5.84. The maximum absolute atomic E-state index is 5.50. The molecule has 0 amide bonds. The van der Waals surface area contributed by atoms with Gasteiger partial charge in [0.15, 0.2) is 5.82 Å². The molecule has 2 aromatic heterocycles. The molecule has 25 heavy (non-hydrogen) atoms. The topological polar surface area (TPSA) is 54.7 Å². The van der Waals surface area contributed by atoms with E-state index in [0.29, 0.717) is 11.6 Å². The summed E-state index contributed by atoms with van der Waals surface area (Å²) in [6.07, 6.45) is 0. The summed E-state index contributed by atoms with van der Waals surface area (Å²) < 4.78 is 5.50. The predicted octanol–water partition coefficient (Wildman–Crippen LogP) is 5.49. The van der Waals surface area contributed by atoms with Gasteiger partial charge in [-0.25, -0.2) is 4.98 Å². The third-order valence-electron chi connectivity index (χ3n) is 4.45. The SMILES string of the molecule is Cc1ccccc1-c1ccc2nc(-c3cc(C(C)(C)C)no3)[nH]c2c1. The summed E-state index contributed by atoms with van der Waals surface area (Å²) in [6.45, 7) is 8.46. The number of hydrogen-bond donors (Lipinski definition) is 1. The Morgan fingerprint density at radius 2 is 1.80 bits per heavy atom. The number of rotatable bonds is 2. The van der Waals surface area contributed by atoms with Gasteiger partial charge in [-0.1, -0.05) is 56.3 Å². The maximum Gasteiger partial charge on any atom is 0.202 e. The average molecular weight is 331 g/mol. The summed E-state index contributed by atoms with van der Waals surface area (Å²) in [7, 11) is 0. The van der Waals surface area contributed by atoms with Crippen molar-refractivity contribution in [1.82, 2.24) is 15.1 Å². The summed E-state index contributed by atoms with van der Waals surface area (Å²) in [6, 6.07) is 16.6. The van der Waals surface area contributed by atoms with Gasteiger partial charge < -0.3 is 9.51 Å². The Morgan fingerprint density at radius 1 is 1.00 bits per heavy atom. The fourth-order valence-corrected chi connectivity index (χ4v) is 2.93. The molecule has 0 spiro atoms. The molecule has 2 heterocycles. The van der Waals surface area contributed by atoms with Crippen LogP contribution >= 0.6 is 0 Å². The molecule has 2 aromatic carbocycles. The quantitative estimate of drug-likeness (QED) is 0.528. The number of fused-ring (bicyclic) bond motifs is 1. The minimum atomic E-state index is -0.0498. The third kappa shape index (κ3) is 2.84. The van der Waals surface area contributed by atoms with E-state index in [1.807, 2.05) is 12.1 Å².